The Hall–Kier alpha value is -2.74. The zero-order valence-corrected chi connectivity index (χ0v) is 19.9. The summed E-state index contributed by atoms with van der Waals surface area (Å²) >= 11 is 0. The maximum Gasteiger partial charge on any atom is 0.232 e. The van der Waals surface area contributed by atoms with Crippen LogP contribution in [-0.4, -0.2) is 41.3 Å². The van der Waals surface area contributed by atoms with E-state index in [0.29, 0.717) is 23.6 Å². The summed E-state index contributed by atoms with van der Waals surface area (Å²) < 4.78 is 36.8. The number of methoxy groups -OCH3 is 2. The molecule has 0 aromatic heterocycles. The van der Waals surface area contributed by atoms with E-state index in [4.69, 9.17) is 9.47 Å². The smallest absolute Gasteiger partial charge is 0.232 e. The lowest BCUT2D eigenvalue weighted by Crippen LogP contribution is -2.33. The summed E-state index contributed by atoms with van der Waals surface area (Å²) in [6, 6.07) is 10.7. The molecule has 0 saturated heterocycles. The van der Waals surface area contributed by atoms with Crippen molar-refractivity contribution in [2.45, 2.75) is 39.7 Å². The fourth-order valence-corrected chi connectivity index (χ4v) is 4.44. The highest BCUT2D eigenvalue weighted by molar-refractivity contribution is 7.92. The van der Waals surface area contributed by atoms with Gasteiger partial charge in [0.05, 0.1) is 32.2 Å². The molecule has 0 heterocycles. The topological polar surface area (TPSA) is 84.9 Å². The molecule has 8 heteroatoms. The molecule has 0 aliphatic heterocycles. The molecular formula is C23H32N2O5S. The number of rotatable bonds is 10. The molecule has 1 N–H and O–H groups in total. The van der Waals surface area contributed by atoms with Gasteiger partial charge in [-0.05, 0) is 62.6 Å². The summed E-state index contributed by atoms with van der Waals surface area (Å²) in [6.07, 6.45) is 1.79. The Morgan fingerprint density at radius 3 is 2.45 bits per heavy atom. The molecule has 2 aromatic carbocycles. The molecule has 0 aliphatic rings. The minimum Gasteiger partial charge on any atom is -0.497 e. The Bertz CT molecular complexity index is 1020. The molecule has 1 amide bonds. The SMILES string of the molecule is COc1ccc(OC)c([C@@H](C)NC(=O)CCCN(c2cccc(C)c2C)S(C)(=O)=O)c1. The summed E-state index contributed by atoms with van der Waals surface area (Å²) in [5.74, 6) is 1.17. The highest BCUT2D eigenvalue weighted by Crippen LogP contribution is 2.29. The Morgan fingerprint density at radius 1 is 1.13 bits per heavy atom. The first-order valence-corrected chi connectivity index (χ1v) is 12.0. The lowest BCUT2D eigenvalue weighted by atomic mass is 10.1. The van der Waals surface area contributed by atoms with Gasteiger partial charge in [0.1, 0.15) is 11.5 Å². The summed E-state index contributed by atoms with van der Waals surface area (Å²) in [5, 5.41) is 2.95. The number of aryl methyl sites for hydroxylation is 1. The predicted octanol–water partition coefficient (Wildman–Crippen LogP) is 3.74. The molecule has 0 spiro atoms. The van der Waals surface area contributed by atoms with Crippen molar-refractivity contribution in [1.29, 1.82) is 0 Å². The van der Waals surface area contributed by atoms with Gasteiger partial charge in [-0.25, -0.2) is 8.42 Å². The van der Waals surface area contributed by atoms with Crippen molar-refractivity contribution in [3.63, 3.8) is 0 Å². The molecule has 2 aromatic rings. The van der Waals surface area contributed by atoms with Crippen LogP contribution in [0.3, 0.4) is 0 Å². The highest BCUT2D eigenvalue weighted by Gasteiger charge is 2.20. The van der Waals surface area contributed by atoms with E-state index < -0.39 is 10.0 Å². The summed E-state index contributed by atoms with van der Waals surface area (Å²) in [5.41, 5.74) is 3.39. The number of amides is 1. The van der Waals surface area contributed by atoms with Crippen LogP contribution in [0.1, 0.15) is 42.5 Å². The largest absolute Gasteiger partial charge is 0.497 e. The number of hydrogen-bond acceptors (Lipinski definition) is 5. The maximum absolute atomic E-state index is 12.5. The van der Waals surface area contributed by atoms with Gasteiger partial charge in [0.25, 0.3) is 0 Å². The fourth-order valence-electron chi connectivity index (χ4n) is 3.42. The van der Waals surface area contributed by atoms with Crippen molar-refractivity contribution in [2.24, 2.45) is 0 Å². The number of nitrogens with one attached hydrogen (secondary N) is 1. The van der Waals surface area contributed by atoms with Gasteiger partial charge < -0.3 is 14.8 Å². The van der Waals surface area contributed by atoms with Gasteiger partial charge in [0, 0.05) is 18.5 Å². The van der Waals surface area contributed by atoms with Crippen LogP contribution in [0.4, 0.5) is 5.69 Å². The van der Waals surface area contributed by atoms with Gasteiger partial charge in [0.2, 0.25) is 15.9 Å². The second-order valence-corrected chi connectivity index (χ2v) is 9.46. The number of carbonyl (C=O) groups is 1. The van der Waals surface area contributed by atoms with E-state index in [0.717, 1.165) is 16.7 Å². The zero-order chi connectivity index (χ0) is 23.2. The number of nitrogens with zero attached hydrogens (tertiary/aromatic N) is 1. The molecule has 170 valence electrons. The minimum atomic E-state index is -3.47. The quantitative estimate of drug-likeness (QED) is 0.598. The number of hydrogen-bond donors (Lipinski definition) is 1. The average Bonchev–Trinajstić information content (AvgIpc) is 2.72. The third kappa shape index (κ3) is 6.37. The van der Waals surface area contributed by atoms with Crippen molar-refractivity contribution >= 4 is 21.6 Å². The highest BCUT2D eigenvalue weighted by atomic mass is 32.2. The van der Waals surface area contributed by atoms with Crippen LogP contribution in [-0.2, 0) is 14.8 Å². The van der Waals surface area contributed by atoms with Crippen LogP contribution in [0, 0.1) is 13.8 Å². The van der Waals surface area contributed by atoms with Crippen LogP contribution in [0.2, 0.25) is 0 Å². The normalized spacial score (nSPS) is 12.2. The molecule has 2 rings (SSSR count). The third-order valence-electron chi connectivity index (χ3n) is 5.29. The average molecular weight is 449 g/mol. The van der Waals surface area contributed by atoms with Gasteiger partial charge >= 0.3 is 0 Å². The Balaban J connectivity index is 2.04. The number of anilines is 1. The van der Waals surface area contributed by atoms with Crippen molar-refractivity contribution < 1.29 is 22.7 Å². The van der Waals surface area contributed by atoms with Gasteiger partial charge in [-0.3, -0.25) is 9.10 Å². The number of ether oxygens (including phenoxy) is 2. The Kier molecular flexibility index (Phi) is 8.33. The molecule has 7 nitrogen and oxygen atoms in total. The first-order chi connectivity index (χ1) is 14.6. The lowest BCUT2D eigenvalue weighted by Gasteiger charge is -2.25. The molecule has 1 atom stereocenters. The van der Waals surface area contributed by atoms with Crippen LogP contribution in [0.15, 0.2) is 36.4 Å². The van der Waals surface area contributed by atoms with E-state index in [9.17, 15) is 13.2 Å². The van der Waals surface area contributed by atoms with E-state index in [1.54, 1.807) is 32.4 Å². The lowest BCUT2D eigenvalue weighted by molar-refractivity contribution is -0.121. The number of sulfonamides is 1. The monoisotopic (exact) mass is 448 g/mol. The van der Waals surface area contributed by atoms with E-state index in [1.807, 2.05) is 39.0 Å². The second-order valence-electron chi connectivity index (χ2n) is 7.55. The molecule has 0 unspecified atom stereocenters. The van der Waals surface area contributed by atoms with Gasteiger partial charge in [-0.15, -0.1) is 0 Å². The second kappa shape index (κ2) is 10.5. The number of carbonyl (C=O) groups excluding carboxylic acids is 1. The molecule has 0 bridgehead atoms. The van der Waals surface area contributed by atoms with E-state index >= 15 is 0 Å². The van der Waals surface area contributed by atoms with Crippen LogP contribution >= 0.6 is 0 Å². The van der Waals surface area contributed by atoms with Crippen molar-refractivity contribution in [3.05, 3.63) is 53.1 Å². The molecule has 31 heavy (non-hydrogen) atoms. The van der Waals surface area contributed by atoms with Gasteiger partial charge in [0.15, 0.2) is 0 Å². The van der Waals surface area contributed by atoms with E-state index in [-0.39, 0.29) is 24.9 Å². The van der Waals surface area contributed by atoms with E-state index in [1.165, 1.54) is 10.6 Å². The first-order valence-electron chi connectivity index (χ1n) is 10.1. The summed E-state index contributed by atoms with van der Waals surface area (Å²) in [4.78, 5) is 12.5. The summed E-state index contributed by atoms with van der Waals surface area (Å²) in [6.45, 7) is 5.95. The first kappa shape index (κ1) is 24.5. The standard InChI is InChI=1S/C23H32N2O5S/c1-16-9-7-10-21(17(16)2)25(31(6,27)28)14-8-11-23(26)24-18(3)20-15-19(29-4)12-13-22(20)30-5/h7,9-10,12-13,15,18H,8,11,14H2,1-6H3,(H,24,26)/t18-/m1/s1. The molecular weight excluding hydrogens is 416 g/mol. The third-order valence-corrected chi connectivity index (χ3v) is 6.47. The molecule has 0 radical (unpaired) electrons. The zero-order valence-electron chi connectivity index (χ0n) is 19.1. The molecule has 0 fully saturated rings. The van der Waals surface area contributed by atoms with E-state index in [2.05, 4.69) is 5.32 Å². The van der Waals surface area contributed by atoms with Crippen LogP contribution in [0.5, 0.6) is 11.5 Å². The number of benzene rings is 2. The van der Waals surface area contributed by atoms with Crippen LogP contribution < -0.4 is 19.1 Å². The van der Waals surface area contributed by atoms with Crippen LogP contribution in [0.25, 0.3) is 0 Å². The van der Waals surface area contributed by atoms with Gasteiger partial charge in [-0.1, -0.05) is 12.1 Å². The van der Waals surface area contributed by atoms with Crippen molar-refractivity contribution in [3.8, 4) is 11.5 Å². The van der Waals surface area contributed by atoms with Gasteiger partial charge in [-0.2, -0.15) is 0 Å². The van der Waals surface area contributed by atoms with Crippen molar-refractivity contribution in [1.82, 2.24) is 5.32 Å². The molecule has 0 aliphatic carbocycles. The van der Waals surface area contributed by atoms with Crippen molar-refractivity contribution in [2.75, 3.05) is 31.3 Å². The predicted molar refractivity (Wildman–Crippen MR) is 123 cm³/mol. The Labute approximate surface area is 185 Å². The minimum absolute atomic E-state index is 0.160. The molecule has 0 saturated carbocycles. The Morgan fingerprint density at radius 2 is 1.84 bits per heavy atom. The maximum atomic E-state index is 12.5. The summed E-state index contributed by atoms with van der Waals surface area (Å²) in [7, 11) is -0.309. The fraction of sp³-hybridized carbons (Fsp3) is 0.435.